The SMILES string of the molecule is COC1CC(F)CCC1OC1=NC2CCCCC2N=C1C(=O)Nc1ccn[nH]1. The first kappa shape index (κ1) is 19.0. The van der Waals surface area contributed by atoms with Crippen LogP contribution in [0.2, 0.25) is 0 Å². The second kappa shape index (κ2) is 8.38. The van der Waals surface area contributed by atoms with Gasteiger partial charge in [0.1, 0.15) is 18.1 Å². The molecule has 2 N–H and O–H groups in total. The van der Waals surface area contributed by atoms with Crippen molar-refractivity contribution in [2.24, 2.45) is 9.98 Å². The molecule has 0 spiro atoms. The second-order valence-corrected chi connectivity index (χ2v) is 7.60. The van der Waals surface area contributed by atoms with Crippen molar-refractivity contribution in [2.45, 2.75) is 75.4 Å². The number of fused-ring (bicyclic) bond motifs is 1. The highest BCUT2D eigenvalue weighted by atomic mass is 19.1. The quantitative estimate of drug-likeness (QED) is 0.823. The average molecular weight is 391 g/mol. The first-order valence-electron chi connectivity index (χ1n) is 9.94. The summed E-state index contributed by atoms with van der Waals surface area (Å²) in [5.41, 5.74) is 0.190. The van der Waals surface area contributed by atoms with Crippen LogP contribution in [0.3, 0.4) is 0 Å². The van der Waals surface area contributed by atoms with Crippen molar-refractivity contribution in [3.8, 4) is 0 Å². The third kappa shape index (κ3) is 4.09. The van der Waals surface area contributed by atoms with Gasteiger partial charge in [-0.3, -0.25) is 14.9 Å². The van der Waals surface area contributed by atoms with Crippen LogP contribution in [0.25, 0.3) is 0 Å². The molecule has 2 aliphatic carbocycles. The van der Waals surface area contributed by atoms with Gasteiger partial charge in [-0.05, 0) is 25.7 Å². The van der Waals surface area contributed by atoms with E-state index in [0.29, 0.717) is 18.7 Å². The lowest BCUT2D eigenvalue weighted by Crippen LogP contribution is -2.46. The van der Waals surface area contributed by atoms with E-state index in [1.54, 1.807) is 19.4 Å². The fourth-order valence-corrected chi connectivity index (χ4v) is 4.15. The van der Waals surface area contributed by atoms with Gasteiger partial charge < -0.3 is 14.8 Å². The molecule has 9 heteroatoms. The van der Waals surface area contributed by atoms with Crippen LogP contribution in [0.1, 0.15) is 44.9 Å². The summed E-state index contributed by atoms with van der Waals surface area (Å²) in [5.74, 6) is 0.329. The molecule has 1 aromatic heterocycles. The van der Waals surface area contributed by atoms with Crippen molar-refractivity contribution in [1.29, 1.82) is 0 Å². The van der Waals surface area contributed by atoms with Gasteiger partial charge >= 0.3 is 0 Å². The fourth-order valence-electron chi connectivity index (χ4n) is 4.15. The molecule has 5 unspecified atom stereocenters. The van der Waals surface area contributed by atoms with Crippen molar-refractivity contribution in [3.05, 3.63) is 12.3 Å². The molecule has 1 amide bonds. The maximum atomic E-state index is 13.7. The Kier molecular flexibility index (Phi) is 5.70. The second-order valence-electron chi connectivity index (χ2n) is 7.60. The number of rotatable bonds is 4. The molecule has 2 fully saturated rings. The number of ether oxygens (including phenoxy) is 2. The topological polar surface area (TPSA) is 101 Å². The molecular formula is C19H26FN5O3. The lowest BCUT2D eigenvalue weighted by atomic mass is 9.90. The molecule has 1 aliphatic heterocycles. The number of carbonyl (C=O) groups is 1. The summed E-state index contributed by atoms with van der Waals surface area (Å²) in [7, 11) is 1.55. The zero-order valence-corrected chi connectivity index (χ0v) is 15.9. The van der Waals surface area contributed by atoms with E-state index >= 15 is 0 Å². The highest BCUT2D eigenvalue weighted by Crippen LogP contribution is 2.30. The summed E-state index contributed by atoms with van der Waals surface area (Å²) in [6, 6.07) is 1.70. The third-order valence-electron chi connectivity index (χ3n) is 5.67. The summed E-state index contributed by atoms with van der Waals surface area (Å²) in [6.07, 6.45) is 5.18. The first-order chi connectivity index (χ1) is 13.6. The van der Waals surface area contributed by atoms with Gasteiger partial charge in [0.25, 0.3) is 5.91 Å². The molecular weight excluding hydrogens is 365 g/mol. The normalized spacial score (nSPS) is 32.7. The fraction of sp³-hybridized carbons (Fsp3) is 0.684. The van der Waals surface area contributed by atoms with Crippen molar-refractivity contribution in [2.75, 3.05) is 12.4 Å². The van der Waals surface area contributed by atoms with Crippen molar-refractivity contribution < 1.29 is 18.7 Å². The third-order valence-corrected chi connectivity index (χ3v) is 5.67. The van der Waals surface area contributed by atoms with Gasteiger partial charge in [0, 0.05) is 19.6 Å². The highest BCUT2D eigenvalue weighted by molar-refractivity contribution is 6.67. The van der Waals surface area contributed by atoms with Crippen LogP contribution in [0.15, 0.2) is 22.2 Å². The van der Waals surface area contributed by atoms with Crippen LogP contribution in [-0.4, -0.2) is 65.3 Å². The Hall–Kier alpha value is -2.29. The zero-order valence-electron chi connectivity index (χ0n) is 15.9. The number of aromatic nitrogens is 2. The highest BCUT2D eigenvalue weighted by Gasteiger charge is 2.38. The average Bonchev–Trinajstić information content (AvgIpc) is 3.21. The van der Waals surface area contributed by atoms with Crippen LogP contribution in [0.5, 0.6) is 0 Å². The number of alkyl halides is 1. The summed E-state index contributed by atoms with van der Waals surface area (Å²) in [5, 5.41) is 9.28. The Morgan fingerprint density at radius 3 is 2.68 bits per heavy atom. The van der Waals surface area contributed by atoms with E-state index < -0.39 is 6.17 Å². The molecule has 28 heavy (non-hydrogen) atoms. The number of amides is 1. The van der Waals surface area contributed by atoms with E-state index in [0.717, 1.165) is 25.7 Å². The number of carbonyl (C=O) groups excluding carboxylic acids is 1. The van der Waals surface area contributed by atoms with Gasteiger partial charge in [0.15, 0.2) is 5.71 Å². The molecule has 5 atom stereocenters. The van der Waals surface area contributed by atoms with E-state index in [9.17, 15) is 9.18 Å². The number of hydrogen-bond acceptors (Lipinski definition) is 6. The smallest absolute Gasteiger partial charge is 0.280 e. The Morgan fingerprint density at radius 1 is 1.18 bits per heavy atom. The number of H-pyrrole nitrogens is 1. The number of halogens is 1. The van der Waals surface area contributed by atoms with Gasteiger partial charge in [0.2, 0.25) is 5.90 Å². The van der Waals surface area contributed by atoms with Crippen LogP contribution in [0, 0.1) is 0 Å². The van der Waals surface area contributed by atoms with Gasteiger partial charge in [0.05, 0.1) is 24.4 Å². The lowest BCUT2D eigenvalue weighted by molar-refractivity contribution is -0.110. The van der Waals surface area contributed by atoms with Crippen molar-refractivity contribution in [1.82, 2.24) is 10.2 Å². The minimum Gasteiger partial charge on any atom is -0.470 e. The molecule has 2 saturated carbocycles. The molecule has 1 aromatic rings. The molecule has 0 aromatic carbocycles. The van der Waals surface area contributed by atoms with E-state index in [-0.39, 0.29) is 48.2 Å². The number of methoxy groups -OCH3 is 1. The van der Waals surface area contributed by atoms with E-state index in [1.165, 1.54) is 0 Å². The summed E-state index contributed by atoms with van der Waals surface area (Å²) >= 11 is 0. The van der Waals surface area contributed by atoms with Gasteiger partial charge in [-0.25, -0.2) is 9.38 Å². The lowest BCUT2D eigenvalue weighted by Gasteiger charge is -2.35. The maximum Gasteiger partial charge on any atom is 0.280 e. The maximum absolute atomic E-state index is 13.7. The predicted molar refractivity (Wildman–Crippen MR) is 103 cm³/mol. The Balaban J connectivity index is 1.55. The van der Waals surface area contributed by atoms with Crippen LogP contribution < -0.4 is 5.32 Å². The molecule has 8 nitrogen and oxygen atoms in total. The zero-order chi connectivity index (χ0) is 19.5. The molecule has 0 radical (unpaired) electrons. The Morgan fingerprint density at radius 2 is 1.96 bits per heavy atom. The number of aromatic amines is 1. The molecule has 152 valence electrons. The van der Waals surface area contributed by atoms with E-state index in [1.807, 2.05) is 0 Å². The summed E-state index contributed by atoms with van der Waals surface area (Å²) < 4.78 is 25.3. The molecule has 0 bridgehead atoms. The largest absolute Gasteiger partial charge is 0.470 e. The van der Waals surface area contributed by atoms with Crippen molar-refractivity contribution >= 4 is 23.3 Å². The van der Waals surface area contributed by atoms with Crippen LogP contribution in [-0.2, 0) is 14.3 Å². The molecule has 0 saturated heterocycles. The van der Waals surface area contributed by atoms with Crippen LogP contribution in [0.4, 0.5) is 10.2 Å². The summed E-state index contributed by atoms with van der Waals surface area (Å²) in [6.45, 7) is 0. The van der Waals surface area contributed by atoms with Gasteiger partial charge in [-0.15, -0.1) is 0 Å². The number of nitrogens with one attached hydrogen (secondary N) is 2. The van der Waals surface area contributed by atoms with Gasteiger partial charge in [-0.2, -0.15) is 5.10 Å². The summed E-state index contributed by atoms with van der Waals surface area (Å²) in [4.78, 5) is 22.3. The minimum atomic E-state index is -0.891. The standard InChI is InChI=1S/C19H26FN5O3/c1-27-15-10-11(20)6-7-14(15)28-19-17(18(26)24-16-8-9-21-25-16)22-12-4-2-3-5-13(12)23-19/h8-9,11-15H,2-7,10H2,1H3,(H2,21,24,25,26). The molecule has 4 rings (SSSR count). The monoisotopic (exact) mass is 391 g/mol. The first-order valence-corrected chi connectivity index (χ1v) is 9.94. The minimum absolute atomic E-state index is 0.00316. The Labute approximate surface area is 163 Å². The van der Waals surface area contributed by atoms with E-state index in [2.05, 4.69) is 15.5 Å². The number of hydrogen-bond donors (Lipinski definition) is 2. The van der Waals surface area contributed by atoms with Crippen molar-refractivity contribution in [3.63, 3.8) is 0 Å². The predicted octanol–water partition coefficient (Wildman–Crippen LogP) is 2.43. The number of aliphatic imine (C=N–C) groups is 2. The Bertz CT molecular complexity index is 751. The van der Waals surface area contributed by atoms with Gasteiger partial charge in [-0.1, -0.05) is 12.8 Å². The van der Waals surface area contributed by atoms with E-state index in [4.69, 9.17) is 19.5 Å². The molecule has 3 aliphatic rings. The van der Waals surface area contributed by atoms with Crippen LogP contribution >= 0.6 is 0 Å². The number of anilines is 1. The molecule has 2 heterocycles. The number of nitrogens with zero attached hydrogens (tertiary/aromatic N) is 3.